The molecule has 1 N–H and O–H groups in total. The minimum absolute atomic E-state index is 0.181. The predicted molar refractivity (Wildman–Crippen MR) is 103 cm³/mol. The zero-order valence-corrected chi connectivity index (χ0v) is 15.3. The molecule has 0 unspecified atom stereocenters. The lowest BCUT2D eigenvalue weighted by molar-refractivity contribution is 0.0918. The summed E-state index contributed by atoms with van der Waals surface area (Å²) in [7, 11) is 0. The maximum Gasteiger partial charge on any atom is 0.266 e. The summed E-state index contributed by atoms with van der Waals surface area (Å²) >= 11 is 0. The highest BCUT2D eigenvalue weighted by molar-refractivity contribution is 6.35. The first kappa shape index (κ1) is 17.5. The Balaban J connectivity index is 1.60. The van der Waals surface area contributed by atoms with Crippen LogP contribution in [0.5, 0.6) is 0 Å². The maximum absolute atomic E-state index is 12.9. The Morgan fingerprint density at radius 1 is 0.963 bits per heavy atom. The van der Waals surface area contributed by atoms with Crippen LogP contribution in [0.15, 0.2) is 42.5 Å². The Hall–Kier alpha value is -2.95. The molecule has 27 heavy (non-hydrogen) atoms. The number of para-hydroxylation sites is 1. The van der Waals surface area contributed by atoms with Crippen LogP contribution in [0.3, 0.4) is 0 Å². The molecule has 138 valence electrons. The number of imide groups is 1. The van der Waals surface area contributed by atoms with Crippen molar-refractivity contribution in [3.8, 4) is 0 Å². The summed E-state index contributed by atoms with van der Waals surface area (Å²) in [4.78, 5) is 39.4. The summed E-state index contributed by atoms with van der Waals surface area (Å²) in [6.45, 7) is 1.86. The first-order chi connectivity index (χ1) is 13.1. The minimum Gasteiger partial charge on any atom is -0.349 e. The molecule has 1 aliphatic heterocycles. The molecular weight excluding hydrogens is 340 g/mol. The molecule has 5 heteroatoms. The molecule has 0 aromatic heterocycles. The van der Waals surface area contributed by atoms with Gasteiger partial charge in [0.05, 0.1) is 16.8 Å². The lowest BCUT2D eigenvalue weighted by Gasteiger charge is -2.22. The molecule has 0 atom stereocenters. The summed E-state index contributed by atoms with van der Waals surface area (Å²) in [5.41, 5.74) is 2.49. The van der Waals surface area contributed by atoms with Crippen LogP contribution in [0.4, 0.5) is 5.69 Å². The molecule has 1 fully saturated rings. The topological polar surface area (TPSA) is 66.5 Å². The minimum atomic E-state index is -0.378. The largest absolute Gasteiger partial charge is 0.349 e. The highest BCUT2D eigenvalue weighted by Crippen LogP contribution is 2.31. The van der Waals surface area contributed by atoms with Crippen LogP contribution in [-0.4, -0.2) is 23.8 Å². The molecule has 1 heterocycles. The summed E-state index contributed by atoms with van der Waals surface area (Å²) in [5.74, 6) is -0.903. The monoisotopic (exact) mass is 362 g/mol. The molecule has 0 spiro atoms. The summed E-state index contributed by atoms with van der Waals surface area (Å²) in [6, 6.07) is 12.2. The van der Waals surface area contributed by atoms with Gasteiger partial charge in [-0.1, -0.05) is 37.5 Å². The smallest absolute Gasteiger partial charge is 0.266 e. The van der Waals surface area contributed by atoms with Gasteiger partial charge in [-0.25, -0.2) is 4.90 Å². The standard InChI is InChI=1S/C22H22N2O3/c1-14-7-5-6-10-19(14)24-21(26)17-12-11-15(13-18(17)22(24)27)20(25)23-16-8-3-2-4-9-16/h5-7,10-13,16H,2-4,8-9H2,1H3,(H,23,25). The highest BCUT2D eigenvalue weighted by Gasteiger charge is 2.37. The molecule has 1 saturated carbocycles. The van der Waals surface area contributed by atoms with Crippen molar-refractivity contribution < 1.29 is 14.4 Å². The second-order valence-corrected chi connectivity index (χ2v) is 7.30. The van der Waals surface area contributed by atoms with Crippen LogP contribution >= 0.6 is 0 Å². The van der Waals surface area contributed by atoms with Gasteiger partial charge in [-0.15, -0.1) is 0 Å². The van der Waals surface area contributed by atoms with E-state index >= 15 is 0 Å². The number of nitrogens with one attached hydrogen (secondary N) is 1. The molecular formula is C22H22N2O3. The number of anilines is 1. The molecule has 1 aliphatic carbocycles. The number of carbonyl (C=O) groups is 3. The number of fused-ring (bicyclic) bond motifs is 1. The van der Waals surface area contributed by atoms with Gasteiger partial charge in [-0.05, 0) is 49.6 Å². The number of benzene rings is 2. The van der Waals surface area contributed by atoms with Crippen LogP contribution in [-0.2, 0) is 0 Å². The van der Waals surface area contributed by atoms with Crippen LogP contribution in [0, 0.1) is 6.92 Å². The second kappa shape index (κ2) is 6.99. The van der Waals surface area contributed by atoms with E-state index in [2.05, 4.69) is 5.32 Å². The van der Waals surface area contributed by atoms with E-state index in [0.717, 1.165) is 31.2 Å². The molecule has 0 saturated heterocycles. The van der Waals surface area contributed by atoms with Gasteiger partial charge in [-0.3, -0.25) is 14.4 Å². The van der Waals surface area contributed by atoms with Crippen molar-refractivity contribution in [3.63, 3.8) is 0 Å². The fourth-order valence-electron chi connectivity index (χ4n) is 3.93. The number of amides is 3. The number of aryl methyl sites for hydroxylation is 1. The van der Waals surface area contributed by atoms with E-state index in [-0.39, 0.29) is 23.8 Å². The molecule has 0 bridgehead atoms. The molecule has 2 aromatic carbocycles. The summed E-state index contributed by atoms with van der Waals surface area (Å²) < 4.78 is 0. The zero-order valence-electron chi connectivity index (χ0n) is 15.3. The van der Waals surface area contributed by atoms with Crippen molar-refractivity contribution in [1.82, 2.24) is 5.32 Å². The zero-order chi connectivity index (χ0) is 19.0. The predicted octanol–water partition coefficient (Wildman–Crippen LogP) is 3.86. The fraction of sp³-hybridized carbons (Fsp3) is 0.318. The number of hydrogen-bond donors (Lipinski definition) is 1. The number of nitrogens with zero attached hydrogens (tertiary/aromatic N) is 1. The van der Waals surface area contributed by atoms with Crippen molar-refractivity contribution in [1.29, 1.82) is 0 Å². The van der Waals surface area contributed by atoms with Crippen molar-refractivity contribution in [2.75, 3.05) is 4.90 Å². The number of rotatable bonds is 3. The average Bonchev–Trinajstić information content (AvgIpc) is 2.93. The Morgan fingerprint density at radius 3 is 2.41 bits per heavy atom. The van der Waals surface area contributed by atoms with E-state index in [1.54, 1.807) is 30.3 Å². The molecule has 5 nitrogen and oxygen atoms in total. The van der Waals surface area contributed by atoms with Gasteiger partial charge < -0.3 is 5.32 Å². The van der Waals surface area contributed by atoms with Crippen LogP contribution in [0.25, 0.3) is 0 Å². The number of hydrogen-bond acceptors (Lipinski definition) is 3. The molecule has 4 rings (SSSR count). The quantitative estimate of drug-likeness (QED) is 0.843. The van der Waals surface area contributed by atoms with Crippen LogP contribution in [0.2, 0.25) is 0 Å². The van der Waals surface area contributed by atoms with Gasteiger partial charge in [0, 0.05) is 11.6 Å². The maximum atomic E-state index is 12.9. The van der Waals surface area contributed by atoms with Gasteiger partial charge in [0.1, 0.15) is 0 Å². The third kappa shape index (κ3) is 3.14. The normalized spacial score (nSPS) is 17.1. The summed E-state index contributed by atoms with van der Waals surface area (Å²) in [6.07, 6.45) is 5.47. The van der Waals surface area contributed by atoms with Crippen molar-refractivity contribution in [2.24, 2.45) is 0 Å². The Labute approximate surface area is 158 Å². The number of carbonyl (C=O) groups excluding carboxylic acids is 3. The first-order valence-electron chi connectivity index (χ1n) is 9.45. The fourth-order valence-corrected chi connectivity index (χ4v) is 3.93. The average molecular weight is 362 g/mol. The van der Waals surface area contributed by atoms with Gasteiger partial charge in [0.2, 0.25) is 0 Å². The molecule has 0 radical (unpaired) electrons. The summed E-state index contributed by atoms with van der Waals surface area (Å²) in [5, 5.41) is 3.06. The van der Waals surface area contributed by atoms with Crippen LogP contribution < -0.4 is 10.2 Å². The van der Waals surface area contributed by atoms with Crippen molar-refractivity contribution >= 4 is 23.4 Å². The second-order valence-electron chi connectivity index (χ2n) is 7.30. The first-order valence-corrected chi connectivity index (χ1v) is 9.45. The SMILES string of the molecule is Cc1ccccc1N1C(=O)c2ccc(C(=O)NC3CCCCC3)cc2C1=O. The van der Waals surface area contributed by atoms with E-state index in [1.807, 2.05) is 19.1 Å². The Kier molecular flexibility index (Phi) is 4.52. The van der Waals surface area contributed by atoms with Crippen LogP contribution in [0.1, 0.15) is 68.7 Å². The van der Waals surface area contributed by atoms with E-state index in [9.17, 15) is 14.4 Å². The molecule has 2 aromatic rings. The highest BCUT2D eigenvalue weighted by atomic mass is 16.2. The Morgan fingerprint density at radius 2 is 1.67 bits per heavy atom. The third-order valence-corrected chi connectivity index (χ3v) is 5.45. The van der Waals surface area contributed by atoms with Gasteiger partial charge in [-0.2, -0.15) is 0 Å². The molecule has 3 amide bonds. The Bertz CT molecular complexity index is 929. The van der Waals surface area contributed by atoms with E-state index in [1.165, 1.54) is 11.3 Å². The van der Waals surface area contributed by atoms with E-state index in [4.69, 9.17) is 0 Å². The van der Waals surface area contributed by atoms with Crippen molar-refractivity contribution in [3.05, 3.63) is 64.7 Å². The van der Waals surface area contributed by atoms with Gasteiger partial charge >= 0.3 is 0 Å². The van der Waals surface area contributed by atoms with Gasteiger partial charge in [0.15, 0.2) is 0 Å². The lowest BCUT2D eigenvalue weighted by atomic mass is 9.95. The molecule has 2 aliphatic rings. The van der Waals surface area contributed by atoms with E-state index in [0.29, 0.717) is 22.4 Å². The lowest BCUT2D eigenvalue weighted by Crippen LogP contribution is -2.36. The van der Waals surface area contributed by atoms with E-state index < -0.39 is 0 Å². The van der Waals surface area contributed by atoms with Crippen molar-refractivity contribution in [2.45, 2.75) is 45.1 Å². The van der Waals surface area contributed by atoms with Gasteiger partial charge in [0.25, 0.3) is 17.7 Å². The third-order valence-electron chi connectivity index (χ3n) is 5.45.